The molecule has 0 saturated heterocycles. The third-order valence-corrected chi connectivity index (χ3v) is 6.75. The molecule has 7 nitrogen and oxygen atoms in total. The van der Waals surface area contributed by atoms with Crippen molar-refractivity contribution in [2.45, 2.75) is 4.90 Å². The molecule has 0 radical (unpaired) electrons. The molecule has 31 heavy (non-hydrogen) atoms. The van der Waals surface area contributed by atoms with Crippen molar-refractivity contribution >= 4 is 32.4 Å². The molecule has 0 amide bonds. The highest BCUT2D eigenvalue weighted by Gasteiger charge is 2.28. The second kappa shape index (κ2) is 7.81. The number of para-hydroxylation sites is 1. The molecule has 8 heteroatoms. The van der Waals surface area contributed by atoms with Crippen molar-refractivity contribution in [1.82, 2.24) is 3.97 Å². The number of nitrogens with zero attached hydrogens (tertiary/aromatic N) is 1. The van der Waals surface area contributed by atoms with Gasteiger partial charge in [0.2, 0.25) is 5.78 Å². The van der Waals surface area contributed by atoms with Gasteiger partial charge in [0.1, 0.15) is 17.2 Å². The summed E-state index contributed by atoms with van der Waals surface area (Å²) in [6.45, 7) is 0. The van der Waals surface area contributed by atoms with Gasteiger partial charge in [-0.05, 0) is 48.5 Å². The van der Waals surface area contributed by atoms with E-state index >= 15 is 0 Å². The Morgan fingerprint density at radius 3 is 2.32 bits per heavy atom. The van der Waals surface area contributed by atoms with Gasteiger partial charge < -0.3 is 15.2 Å². The average molecular weight is 436 g/mol. The lowest BCUT2D eigenvalue weighted by atomic mass is 10.1. The summed E-state index contributed by atoms with van der Waals surface area (Å²) in [4.78, 5) is 13.6. The monoisotopic (exact) mass is 436 g/mol. The number of anilines is 1. The van der Waals surface area contributed by atoms with E-state index in [4.69, 9.17) is 15.2 Å². The first-order chi connectivity index (χ1) is 14.9. The van der Waals surface area contributed by atoms with Crippen molar-refractivity contribution in [1.29, 1.82) is 0 Å². The van der Waals surface area contributed by atoms with Crippen LogP contribution < -0.4 is 15.2 Å². The highest BCUT2D eigenvalue weighted by Crippen LogP contribution is 2.32. The molecule has 0 bridgehead atoms. The number of methoxy groups -OCH3 is 2. The maximum atomic E-state index is 13.6. The summed E-state index contributed by atoms with van der Waals surface area (Å²) in [5, 5.41) is 0.545. The lowest BCUT2D eigenvalue weighted by molar-refractivity contribution is 0.103. The van der Waals surface area contributed by atoms with Gasteiger partial charge in [-0.2, -0.15) is 0 Å². The second-order valence-corrected chi connectivity index (χ2v) is 8.57. The van der Waals surface area contributed by atoms with Crippen molar-refractivity contribution in [3.8, 4) is 11.5 Å². The molecular weight excluding hydrogens is 416 g/mol. The number of ketones is 1. The van der Waals surface area contributed by atoms with Crippen molar-refractivity contribution in [2.24, 2.45) is 0 Å². The van der Waals surface area contributed by atoms with E-state index in [2.05, 4.69) is 0 Å². The van der Waals surface area contributed by atoms with Crippen molar-refractivity contribution < 1.29 is 22.7 Å². The molecule has 0 aliphatic carbocycles. The number of ether oxygens (including phenoxy) is 2. The Morgan fingerprint density at radius 1 is 0.903 bits per heavy atom. The van der Waals surface area contributed by atoms with E-state index in [0.717, 1.165) is 3.97 Å². The smallest absolute Gasteiger partial charge is 0.268 e. The molecule has 1 aromatic heterocycles. The number of hydrogen-bond acceptors (Lipinski definition) is 6. The van der Waals surface area contributed by atoms with Crippen LogP contribution in [0.15, 0.2) is 77.7 Å². The number of rotatable bonds is 6. The normalized spacial score (nSPS) is 11.4. The first-order valence-corrected chi connectivity index (χ1v) is 10.8. The predicted octanol–water partition coefficient (Wildman–Crippen LogP) is 3.71. The van der Waals surface area contributed by atoms with Crippen LogP contribution in [0.1, 0.15) is 16.1 Å². The van der Waals surface area contributed by atoms with Crippen LogP contribution in [0.4, 0.5) is 5.69 Å². The van der Waals surface area contributed by atoms with Gasteiger partial charge >= 0.3 is 0 Å². The number of nitrogen functional groups attached to an aromatic ring is 1. The quantitative estimate of drug-likeness (QED) is 0.365. The number of carbonyl (C=O) groups excluding carboxylic acids is 1. The summed E-state index contributed by atoms with van der Waals surface area (Å²) < 4.78 is 38.6. The van der Waals surface area contributed by atoms with Crippen molar-refractivity contribution in [3.63, 3.8) is 0 Å². The molecule has 158 valence electrons. The van der Waals surface area contributed by atoms with Gasteiger partial charge in [-0.1, -0.05) is 24.3 Å². The minimum absolute atomic E-state index is 0.0351. The lowest BCUT2D eigenvalue weighted by Crippen LogP contribution is -2.19. The Morgan fingerprint density at radius 2 is 1.65 bits per heavy atom. The first-order valence-electron chi connectivity index (χ1n) is 9.35. The Balaban J connectivity index is 2.02. The molecule has 0 aliphatic rings. The summed E-state index contributed by atoms with van der Waals surface area (Å²) in [5.41, 5.74) is 6.73. The SMILES string of the molecule is COc1ccc2c(c1)cc(C(=O)c1cccc(OC)c1N)n2S(=O)(=O)c1ccccc1. The van der Waals surface area contributed by atoms with Gasteiger partial charge in [-0.15, -0.1) is 0 Å². The van der Waals surface area contributed by atoms with Gasteiger partial charge in [0.15, 0.2) is 0 Å². The number of benzene rings is 3. The number of fused-ring (bicyclic) bond motifs is 1. The topological polar surface area (TPSA) is 101 Å². The van der Waals surface area contributed by atoms with Crippen LogP contribution >= 0.6 is 0 Å². The zero-order chi connectivity index (χ0) is 22.2. The first kappa shape index (κ1) is 20.5. The molecule has 0 atom stereocenters. The summed E-state index contributed by atoms with van der Waals surface area (Å²) in [6, 6.07) is 19.2. The number of carbonyl (C=O) groups is 1. The fourth-order valence-corrected chi connectivity index (χ4v) is 5.00. The second-order valence-electron chi connectivity index (χ2n) is 6.79. The Kier molecular flexibility index (Phi) is 5.16. The molecule has 0 unspecified atom stereocenters. The third-order valence-electron chi connectivity index (χ3n) is 5.01. The number of hydrogen-bond donors (Lipinski definition) is 1. The van der Waals surface area contributed by atoms with Gasteiger partial charge in [0, 0.05) is 5.39 Å². The van der Waals surface area contributed by atoms with E-state index in [1.807, 2.05) is 0 Å². The molecular formula is C23H20N2O5S. The molecule has 4 aromatic rings. The average Bonchev–Trinajstić information content (AvgIpc) is 3.19. The van der Waals surface area contributed by atoms with Crippen LogP contribution in [0, 0.1) is 0 Å². The van der Waals surface area contributed by atoms with Crippen LogP contribution in [-0.4, -0.2) is 32.4 Å². The van der Waals surface area contributed by atoms with Crippen LogP contribution in [0.3, 0.4) is 0 Å². The maximum Gasteiger partial charge on any atom is 0.268 e. The van der Waals surface area contributed by atoms with Gasteiger partial charge in [0.25, 0.3) is 10.0 Å². The summed E-state index contributed by atoms with van der Waals surface area (Å²) in [5.74, 6) is 0.342. The molecule has 0 aliphatic heterocycles. The Bertz CT molecular complexity index is 1390. The molecule has 2 N–H and O–H groups in total. The summed E-state index contributed by atoms with van der Waals surface area (Å²) in [7, 11) is -1.11. The fourth-order valence-electron chi connectivity index (χ4n) is 3.47. The van der Waals surface area contributed by atoms with Crippen LogP contribution in [-0.2, 0) is 10.0 Å². The number of aromatic nitrogens is 1. The van der Waals surface area contributed by atoms with E-state index in [9.17, 15) is 13.2 Å². The zero-order valence-corrected chi connectivity index (χ0v) is 17.7. The van der Waals surface area contributed by atoms with Crippen molar-refractivity contribution in [3.05, 3.63) is 84.1 Å². The van der Waals surface area contributed by atoms with Crippen LogP contribution in [0.5, 0.6) is 11.5 Å². The van der Waals surface area contributed by atoms with Gasteiger partial charge in [-0.3, -0.25) is 4.79 Å². The highest BCUT2D eigenvalue weighted by atomic mass is 32.2. The molecule has 1 heterocycles. The standard InChI is InChI=1S/C23H20N2O5S/c1-29-16-11-12-19-15(13-16)14-20(23(26)18-9-6-10-21(30-2)22(18)24)25(19)31(27,28)17-7-4-3-5-8-17/h3-14H,24H2,1-2H3. The molecule has 4 rings (SSSR count). The predicted molar refractivity (Wildman–Crippen MR) is 118 cm³/mol. The van der Waals surface area contributed by atoms with Gasteiger partial charge in [0.05, 0.1) is 35.9 Å². The Labute approximate surface area is 179 Å². The largest absolute Gasteiger partial charge is 0.497 e. The molecule has 3 aromatic carbocycles. The minimum Gasteiger partial charge on any atom is -0.497 e. The van der Waals surface area contributed by atoms with E-state index in [1.54, 1.807) is 48.5 Å². The summed E-state index contributed by atoms with van der Waals surface area (Å²) >= 11 is 0. The lowest BCUT2D eigenvalue weighted by Gasteiger charge is -2.13. The van der Waals surface area contributed by atoms with E-state index in [0.29, 0.717) is 22.4 Å². The maximum absolute atomic E-state index is 13.6. The van der Waals surface area contributed by atoms with E-state index in [-0.39, 0.29) is 21.8 Å². The highest BCUT2D eigenvalue weighted by molar-refractivity contribution is 7.90. The summed E-state index contributed by atoms with van der Waals surface area (Å²) in [6.07, 6.45) is 0. The molecule has 0 fully saturated rings. The molecule has 0 spiro atoms. The molecule has 0 saturated carbocycles. The van der Waals surface area contributed by atoms with E-state index < -0.39 is 15.8 Å². The van der Waals surface area contributed by atoms with E-state index in [1.165, 1.54) is 38.5 Å². The van der Waals surface area contributed by atoms with Crippen molar-refractivity contribution in [2.75, 3.05) is 20.0 Å². The van der Waals surface area contributed by atoms with Gasteiger partial charge in [-0.25, -0.2) is 12.4 Å². The fraction of sp³-hybridized carbons (Fsp3) is 0.0870. The zero-order valence-electron chi connectivity index (χ0n) is 16.9. The Hall–Kier alpha value is -3.78. The third kappa shape index (κ3) is 3.40. The van der Waals surface area contributed by atoms with Crippen LogP contribution in [0.25, 0.3) is 10.9 Å². The van der Waals surface area contributed by atoms with Crippen LogP contribution in [0.2, 0.25) is 0 Å². The number of nitrogens with two attached hydrogens (primary N) is 1. The minimum atomic E-state index is -4.07.